The number of hydrogen-bond acceptors (Lipinski definition) is 3. The fourth-order valence-corrected chi connectivity index (χ4v) is 1.80. The van der Waals surface area contributed by atoms with Gasteiger partial charge in [0.25, 0.3) is 0 Å². The van der Waals surface area contributed by atoms with Crippen molar-refractivity contribution in [2.24, 2.45) is 0 Å². The van der Waals surface area contributed by atoms with E-state index >= 15 is 0 Å². The second-order valence-electron chi connectivity index (χ2n) is 4.33. The van der Waals surface area contributed by atoms with E-state index < -0.39 is 0 Å². The van der Waals surface area contributed by atoms with Crippen LogP contribution >= 0.6 is 0 Å². The summed E-state index contributed by atoms with van der Waals surface area (Å²) in [6.07, 6.45) is 3.43. The average Bonchev–Trinajstić information content (AvgIpc) is 2.34. The van der Waals surface area contributed by atoms with Gasteiger partial charge in [-0.15, -0.1) is 0 Å². The number of aromatic nitrogens is 1. The Morgan fingerprint density at radius 1 is 1.35 bits per heavy atom. The van der Waals surface area contributed by atoms with Crippen LogP contribution < -0.4 is 5.32 Å². The number of para-hydroxylation sites is 1. The Morgan fingerprint density at radius 3 is 3.00 bits per heavy atom. The molecule has 2 N–H and O–H groups in total. The van der Waals surface area contributed by atoms with E-state index in [2.05, 4.69) is 22.4 Å². The van der Waals surface area contributed by atoms with Crippen LogP contribution in [0.15, 0.2) is 36.5 Å². The summed E-state index contributed by atoms with van der Waals surface area (Å²) in [6, 6.07) is 10.2. The Kier molecular flexibility index (Phi) is 3.94. The predicted octanol–water partition coefficient (Wildman–Crippen LogP) is 2.81. The van der Waals surface area contributed by atoms with Crippen LogP contribution in [0.1, 0.15) is 19.8 Å². The van der Waals surface area contributed by atoms with E-state index in [1.165, 1.54) is 0 Å². The Bertz CT molecular complexity index is 482. The first-order chi connectivity index (χ1) is 8.25. The molecule has 90 valence electrons. The first-order valence-corrected chi connectivity index (χ1v) is 6.02. The lowest BCUT2D eigenvalue weighted by Gasteiger charge is -2.08. The topological polar surface area (TPSA) is 45.1 Å². The summed E-state index contributed by atoms with van der Waals surface area (Å²) in [5.74, 6) is 0. The molecule has 0 aliphatic carbocycles. The van der Waals surface area contributed by atoms with E-state index in [1.807, 2.05) is 31.3 Å². The van der Waals surface area contributed by atoms with Crippen molar-refractivity contribution in [1.29, 1.82) is 0 Å². The van der Waals surface area contributed by atoms with Gasteiger partial charge in [0.15, 0.2) is 0 Å². The van der Waals surface area contributed by atoms with E-state index in [-0.39, 0.29) is 6.10 Å². The number of anilines is 1. The number of aliphatic hydroxyl groups excluding tert-OH is 1. The van der Waals surface area contributed by atoms with Crippen LogP contribution in [0.4, 0.5) is 5.69 Å². The Balaban J connectivity index is 1.95. The Labute approximate surface area is 102 Å². The highest BCUT2D eigenvalue weighted by Crippen LogP contribution is 2.15. The van der Waals surface area contributed by atoms with Crippen LogP contribution in [-0.4, -0.2) is 22.7 Å². The summed E-state index contributed by atoms with van der Waals surface area (Å²) in [4.78, 5) is 4.38. The number of benzene rings is 1. The summed E-state index contributed by atoms with van der Waals surface area (Å²) in [7, 11) is 0. The van der Waals surface area contributed by atoms with Crippen molar-refractivity contribution in [2.75, 3.05) is 11.9 Å². The molecule has 1 atom stereocenters. The van der Waals surface area contributed by atoms with Gasteiger partial charge in [0.1, 0.15) is 0 Å². The van der Waals surface area contributed by atoms with Gasteiger partial charge in [0.05, 0.1) is 23.5 Å². The van der Waals surface area contributed by atoms with Gasteiger partial charge >= 0.3 is 0 Å². The molecule has 1 aromatic heterocycles. The van der Waals surface area contributed by atoms with Crippen molar-refractivity contribution in [3.05, 3.63) is 36.5 Å². The first kappa shape index (κ1) is 11.9. The van der Waals surface area contributed by atoms with Crippen molar-refractivity contribution >= 4 is 16.6 Å². The molecule has 0 fully saturated rings. The largest absolute Gasteiger partial charge is 0.393 e. The summed E-state index contributed by atoms with van der Waals surface area (Å²) in [5.41, 5.74) is 2.05. The van der Waals surface area contributed by atoms with Crippen molar-refractivity contribution in [3.63, 3.8) is 0 Å². The van der Waals surface area contributed by atoms with Gasteiger partial charge in [-0.1, -0.05) is 18.2 Å². The van der Waals surface area contributed by atoms with Crippen LogP contribution in [0.3, 0.4) is 0 Å². The Morgan fingerprint density at radius 2 is 2.18 bits per heavy atom. The van der Waals surface area contributed by atoms with Crippen molar-refractivity contribution in [3.8, 4) is 0 Å². The highest BCUT2D eigenvalue weighted by Gasteiger charge is 1.98. The molecule has 0 aliphatic heterocycles. The normalized spacial score (nSPS) is 12.6. The zero-order valence-corrected chi connectivity index (χ0v) is 10.1. The summed E-state index contributed by atoms with van der Waals surface area (Å²) in [5, 5.41) is 13.6. The van der Waals surface area contributed by atoms with Crippen LogP contribution in [0, 0.1) is 0 Å². The molecule has 17 heavy (non-hydrogen) atoms. The minimum absolute atomic E-state index is 0.216. The summed E-state index contributed by atoms with van der Waals surface area (Å²) < 4.78 is 0. The average molecular weight is 230 g/mol. The molecule has 0 saturated heterocycles. The van der Waals surface area contributed by atoms with E-state index in [9.17, 15) is 0 Å². The number of aliphatic hydroxyl groups is 1. The van der Waals surface area contributed by atoms with E-state index in [4.69, 9.17) is 5.11 Å². The molecule has 1 unspecified atom stereocenters. The molecule has 1 aromatic carbocycles. The molecule has 2 aromatic rings. The molecule has 1 heterocycles. The molecule has 2 rings (SSSR count). The molecular formula is C14H18N2O. The van der Waals surface area contributed by atoms with Crippen LogP contribution in [0.2, 0.25) is 0 Å². The molecule has 0 radical (unpaired) electrons. The maximum absolute atomic E-state index is 9.15. The van der Waals surface area contributed by atoms with Crippen molar-refractivity contribution in [1.82, 2.24) is 4.98 Å². The number of nitrogens with zero attached hydrogens (tertiary/aromatic N) is 1. The maximum Gasteiger partial charge on any atom is 0.0703 e. The lowest BCUT2D eigenvalue weighted by molar-refractivity contribution is 0.183. The molecule has 0 aliphatic rings. The van der Waals surface area contributed by atoms with E-state index in [1.54, 1.807) is 0 Å². The quantitative estimate of drug-likeness (QED) is 0.776. The SMILES string of the molecule is CC(O)CCCNc1cnc2ccccc2c1. The van der Waals surface area contributed by atoms with Crippen LogP contribution in [0.5, 0.6) is 0 Å². The highest BCUT2D eigenvalue weighted by molar-refractivity contribution is 5.81. The standard InChI is InChI=1S/C14H18N2O/c1-11(17)5-4-8-15-13-9-12-6-2-3-7-14(12)16-10-13/h2-3,6-7,9-11,15,17H,4-5,8H2,1H3. The molecule has 3 nitrogen and oxygen atoms in total. The monoisotopic (exact) mass is 230 g/mol. The second-order valence-corrected chi connectivity index (χ2v) is 4.33. The van der Waals surface area contributed by atoms with Gasteiger partial charge < -0.3 is 10.4 Å². The van der Waals surface area contributed by atoms with Crippen LogP contribution in [-0.2, 0) is 0 Å². The van der Waals surface area contributed by atoms with Gasteiger partial charge in [-0.05, 0) is 31.9 Å². The first-order valence-electron chi connectivity index (χ1n) is 6.02. The fraction of sp³-hybridized carbons (Fsp3) is 0.357. The third-order valence-electron chi connectivity index (χ3n) is 2.72. The van der Waals surface area contributed by atoms with Gasteiger partial charge in [0, 0.05) is 11.9 Å². The maximum atomic E-state index is 9.15. The number of fused-ring (bicyclic) bond motifs is 1. The molecule has 0 spiro atoms. The lowest BCUT2D eigenvalue weighted by Crippen LogP contribution is -2.06. The highest BCUT2D eigenvalue weighted by atomic mass is 16.3. The number of pyridine rings is 1. The molecule has 0 bridgehead atoms. The summed E-state index contributed by atoms with van der Waals surface area (Å²) in [6.45, 7) is 2.68. The smallest absolute Gasteiger partial charge is 0.0703 e. The zero-order chi connectivity index (χ0) is 12.1. The Hall–Kier alpha value is -1.61. The number of hydrogen-bond donors (Lipinski definition) is 2. The third kappa shape index (κ3) is 3.43. The second kappa shape index (κ2) is 5.64. The number of rotatable bonds is 5. The molecule has 0 amide bonds. The molecule has 3 heteroatoms. The molecular weight excluding hydrogens is 212 g/mol. The van der Waals surface area contributed by atoms with Gasteiger partial charge in [-0.25, -0.2) is 0 Å². The van der Waals surface area contributed by atoms with Crippen molar-refractivity contribution < 1.29 is 5.11 Å². The minimum atomic E-state index is -0.216. The third-order valence-corrected chi connectivity index (χ3v) is 2.72. The van der Waals surface area contributed by atoms with Gasteiger partial charge in [0.2, 0.25) is 0 Å². The van der Waals surface area contributed by atoms with Crippen molar-refractivity contribution in [2.45, 2.75) is 25.9 Å². The van der Waals surface area contributed by atoms with Gasteiger partial charge in [-0.3, -0.25) is 4.98 Å². The molecule has 0 saturated carbocycles. The van der Waals surface area contributed by atoms with E-state index in [0.29, 0.717) is 0 Å². The predicted molar refractivity (Wildman–Crippen MR) is 71.1 cm³/mol. The zero-order valence-electron chi connectivity index (χ0n) is 10.1. The fourth-order valence-electron chi connectivity index (χ4n) is 1.80. The minimum Gasteiger partial charge on any atom is -0.393 e. The summed E-state index contributed by atoms with van der Waals surface area (Å²) >= 11 is 0. The number of nitrogens with one attached hydrogen (secondary N) is 1. The lowest BCUT2D eigenvalue weighted by atomic mass is 10.2. The van der Waals surface area contributed by atoms with Crippen LogP contribution in [0.25, 0.3) is 10.9 Å². The van der Waals surface area contributed by atoms with Gasteiger partial charge in [-0.2, -0.15) is 0 Å². The van der Waals surface area contributed by atoms with E-state index in [0.717, 1.165) is 36.0 Å².